The zero-order valence-corrected chi connectivity index (χ0v) is 36.9. The van der Waals surface area contributed by atoms with Crippen LogP contribution in [0.25, 0.3) is 22.5 Å². The molecular formula is C51H66N4O7. The number of carbonyl (C=O) groups is 3. The zero-order valence-electron chi connectivity index (χ0n) is 36.9. The lowest BCUT2D eigenvalue weighted by Gasteiger charge is -2.28. The van der Waals surface area contributed by atoms with Gasteiger partial charge in [0, 0.05) is 48.9 Å². The van der Waals surface area contributed by atoms with E-state index < -0.39 is 0 Å². The van der Waals surface area contributed by atoms with Crippen molar-refractivity contribution < 1.29 is 33.3 Å². The van der Waals surface area contributed by atoms with Crippen molar-refractivity contribution in [3.8, 4) is 45.8 Å². The Morgan fingerprint density at radius 1 is 0.468 bits per heavy atom. The lowest BCUT2D eigenvalue weighted by molar-refractivity contribution is -0.135. The first-order valence-electron chi connectivity index (χ1n) is 23.4. The van der Waals surface area contributed by atoms with E-state index in [9.17, 15) is 14.4 Å². The van der Waals surface area contributed by atoms with Gasteiger partial charge in [0.1, 0.15) is 17.3 Å². The van der Waals surface area contributed by atoms with Gasteiger partial charge in [-0.2, -0.15) is 0 Å². The smallest absolute Gasteiger partial charge is 0.311 e. The van der Waals surface area contributed by atoms with Gasteiger partial charge in [0.25, 0.3) is 0 Å². The summed E-state index contributed by atoms with van der Waals surface area (Å²) in [6, 6.07) is 22.2. The van der Waals surface area contributed by atoms with E-state index in [1.54, 1.807) is 24.3 Å². The average Bonchev–Trinajstić information content (AvgIpc) is 3.30. The lowest BCUT2D eigenvalue weighted by Crippen LogP contribution is -2.20. The molecule has 2 aromatic heterocycles. The number of unbranched alkanes of at least 4 members (excludes halogenated alkanes) is 2. The van der Waals surface area contributed by atoms with Gasteiger partial charge in [0.15, 0.2) is 0 Å². The number of nitrogens with zero attached hydrogens (tertiary/aromatic N) is 4. The number of hydrogen-bond acceptors (Lipinski definition) is 11. The third-order valence-electron chi connectivity index (χ3n) is 12.5. The van der Waals surface area contributed by atoms with Gasteiger partial charge in [0.05, 0.1) is 24.6 Å². The molecule has 2 fully saturated rings. The van der Waals surface area contributed by atoms with Crippen molar-refractivity contribution in [3.05, 3.63) is 72.8 Å². The minimum atomic E-state index is -0.224. The van der Waals surface area contributed by atoms with Crippen LogP contribution in [0.5, 0.6) is 23.3 Å². The Morgan fingerprint density at radius 2 is 0.855 bits per heavy atom. The number of benzene rings is 2. The van der Waals surface area contributed by atoms with Crippen LogP contribution in [-0.4, -0.2) is 51.3 Å². The number of esters is 2. The molecule has 0 atom stereocenters. The quantitative estimate of drug-likeness (QED) is 0.0378. The van der Waals surface area contributed by atoms with Gasteiger partial charge in [0.2, 0.25) is 11.8 Å². The van der Waals surface area contributed by atoms with Crippen LogP contribution < -0.4 is 18.9 Å². The number of ether oxygens (including phenoxy) is 4. The van der Waals surface area contributed by atoms with Gasteiger partial charge in [-0.25, -0.2) is 0 Å². The van der Waals surface area contributed by atoms with Crippen molar-refractivity contribution in [2.75, 3.05) is 13.2 Å². The van der Waals surface area contributed by atoms with Crippen molar-refractivity contribution in [1.29, 1.82) is 0 Å². The van der Waals surface area contributed by atoms with E-state index in [0.717, 1.165) is 85.7 Å². The summed E-state index contributed by atoms with van der Waals surface area (Å²) in [6.45, 7) is 5.23. The van der Waals surface area contributed by atoms with Gasteiger partial charge >= 0.3 is 11.9 Å². The van der Waals surface area contributed by atoms with Crippen LogP contribution in [0.4, 0.5) is 0 Å². The summed E-state index contributed by atoms with van der Waals surface area (Å²) < 4.78 is 22.7. The fourth-order valence-electron chi connectivity index (χ4n) is 8.68. The summed E-state index contributed by atoms with van der Waals surface area (Å²) in [5.74, 6) is 4.72. The fraction of sp³-hybridized carbons (Fsp3) is 0.549. The number of aromatic nitrogens is 4. The molecule has 0 aliphatic heterocycles. The maximum Gasteiger partial charge on any atom is 0.311 e. The van der Waals surface area contributed by atoms with Gasteiger partial charge < -0.3 is 18.9 Å². The second-order valence-electron chi connectivity index (χ2n) is 17.4. The average molecular weight is 847 g/mol. The highest BCUT2D eigenvalue weighted by atomic mass is 16.5. The molecule has 0 saturated heterocycles. The van der Waals surface area contributed by atoms with E-state index in [1.165, 1.54) is 64.2 Å². The van der Waals surface area contributed by atoms with E-state index in [-0.39, 0.29) is 11.9 Å². The van der Waals surface area contributed by atoms with E-state index in [0.29, 0.717) is 66.9 Å². The number of ketones is 1. The first kappa shape index (κ1) is 46.3. The molecule has 2 aliphatic rings. The predicted octanol–water partition coefficient (Wildman–Crippen LogP) is 11.8. The van der Waals surface area contributed by atoms with Crippen LogP contribution in [0, 0.1) is 23.7 Å². The molecule has 2 aliphatic carbocycles. The molecule has 6 rings (SSSR count). The van der Waals surface area contributed by atoms with E-state index in [1.807, 2.05) is 62.4 Å². The van der Waals surface area contributed by atoms with Crippen LogP contribution in [0.3, 0.4) is 0 Å². The maximum absolute atomic E-state index is 12.6. The third-order valence-corrected chi connectivity index (χ3v) is 12.5. The normalized spacial score (nSPS) is 18.7. The summed E-state index contributed by atoms with van der Waals surface area (Å²) >= 11 is 0. The Bertz CT molecular complexity index is 1800. The molecule has 11 heteroatoms. The molecule has 0 unspecified atom stereocenters. The summed E-state index contributed by atoms with van der Waals surface area (Å²) in [6.07, 6.45) is 20.1. The van der Waals surface area contributed by atoms with Gasteiger partial charge in [-0.1, -0.05) is 65.2 Å². The molecule has 2 heterocycles. The van der Waals surface area contributed by atoms with Crippen molar-refractivity contribution in [3.63, 3.8) is 0 Å². The maximum atomic E-state index is 12.6. The predicted molar refractivity (Wildman–Crippen MR) is 240 cm³/mol. The van der Waals surface area contributed by atoms with Crippen LogP contribution >= 0.6 is 0 Å². The van der Waals surface area contributed by atoms with Gasteiger partial charge in [-0.05, 0) is 136 Å². The van der Waals surface area contributed by atoms with E-state index >= 15 is 0 Å². The minimum absolute atomic E-state index is 0.224. The lowest BCUT2D eigenvalue weighted by atomic mass is 9.80. The molecule has 0 bridgehead atoms. The molecule has 2 saturated carbocycles. The standard InChI is InChI=1S/C51H66N4O7/c1-3-9-50(57)61-44-27-23-41(24-28-44)46-31-33-48(54-52-46)59-35-39-19-15-37(16-20-39)11-5-7-13-43(56)14-8-6-12-38-17-21-40(22-18-38)36-60-49-34-32-47(53-55-49)42-25-29-45(30-26-42)62-51(58)10-4-2/h23-34,37-40H,3-22,35-36H2,1-2H3/t37-,38?,39-,40?. The Hall–Kier alpha value is -5.19. The van der Waals surface area contributed by atoms with Gasteiger partial charge in [-0.15, -0.1) is 20.4 Å². The SMILES string of the molecule is CCCC(=O)Oc1ccc(-c2ccc(OCC3CCC(CCCCC(=O)CCCC[C@H]4CC[C@H](COc5ccc(-c6ccc(OC(=O)CCC)cc6)nn5)CC4)CC3)nn2)cc1. The van der Waals surface area contributed by atoms with Crippen molar-refractivity contribution in [2.24, 2.45) is 23.7 Å². The molecule has 11 nitrogen and oxygen atoms in total. The molecule has 62 heavy (non-hydrogen) atoms. The molecule has 332 valence electrons. The Labute approximate surface area is 368 Å². The molecule has 0 spiro atoms. The Balaban J connectivity index is 0.747. The van der Waals surface area contributed by atoms with Crippen LogP contribution in [0.15, 0.2) is 72.8 Å². The number of Topliss-reactive ketones (excluding diaryl/α,β-unsaturated/α-hetero) is 1. The van der Waals surface area contributed by atoms with E-state index in [4.69, 9.17) is 18.9 Å². The number of hydrogen-bond donors (Lipinski definition) is 0. The summed E-state index contributed by atoms with van der Waals surface area (Å²) in [4.78, 5) is 36.1. The molecular weight excluding hydrogens is 781 g/mol. The number of rotatable bonds is 24. The zero-order chi connectivity index (χ0) is 43.4. The highest BCUT2D eigenvalue weighted by Gasteiger charge is 2.23. The third kappa shape index (κ3) is 15.6. The van der Waals surface area contributed by atoms with Gasteiger partial charge in [-0.3, -0.25) is 14.4 Å². The second-order valence-corrected chi connectivity index (χ2v) is 17.4. The second kappa shape index (κ2) is 25.1. The topological polar surface area (TPSA) is 140 Å². The number of carbonyl (C=O) groups excluding carboxylic acids is 3. The summed E-state index contributed by atoms with van der Waals surface area (Å²) in [7, 11) is 0. The Kier molecular flexibility index (Phi) is 18.7. The minimum Gasteiger partial charge on any atom is -0.476 e. The molecule has 0 amide bonds. The summed E-state index contributed by atoms with van der Waals surface area (Å²) in [5, 5.41) is 17.3. The molecule has 4 aromatic rings. The van der Waals surface area contributed by atoms with Crippen molar-refractivity contribution >= 4 is 17.7 Å². The molecule has 0 N–H and O–H groups in total. The Morgan fingerprint density at radius 3 is 1.21 bits per heavy atom. The summed E-state index contributed by atoms with van der Waals surface area (Å²) in [5.41, 5.74) is 3.28. The van der Waals surface area contributed by atoms with Crippen molar-refractivity contribution in [1.82, 2.24) is 20.4 Å². The largest absolute Gasteiger partial charge is 0.476 e. The van der Waals surface area contributed by atoms with Crippen molar-refractivity contribution in [2.45, 2.75) is 142 Å². The molecule has 2 aromatic carbocycles. The van der Waals surface area contributed by atoms with E-state index in [2.05, 4.69) is 20.4 Å². The highest BCUT2D eigenvalue weighted by Crippen LogP contribution is 2.34. The highest BCUT2D eigenvalue weighted by molar-refractivity contribution is 5.78. The first-order valence-corrected chi connectivity index (χ1v) is 23.4. The van der Waals surface area contributed by atoms with Crippen LogP contribution in [0.1, 0.15) is 142 Å². The van der Waals surface area contributed by atoms with Crippen LogP contribution in [0.2, 0.25) is 0 Å². The first-order chi connectivity index (χ1) is 30.3. The fourth-order valence-corrected chi connectivity index (χ4v) is 8.68. The molecule has 0 radical (unpaired) electrons. The van der Waals surface area contributed by atoms with Crippen LogP contribution in [-0.2, 0) is 14.4 Å². The monoisotopic (exact) mass is 846 g/mol.